The van der Waals surface area contributed by atoms with Gasteiger partial charge in [-0.05, 0) is 85.5 Å². The number of hydrogen-bond acceptors (Lipinski definition) is 5. The normalized spacial score (nSPS) is 17.1. The van der Waals surface area contributed by atoms with Gasteiger partial charge >= 0.3 is 0 Å². The Morgan fingerprint density at radius 3 is 2.48 bits per heavy atom. The summed E-state index contributed by atoms with van der Waals surface area (Å²) < 4.78 is 20.9. The van der Waals surface area contributed by atoms with E-state index in [0.717, 1.165) is 17.5 Å². The van der Waals surface area contributed by atoms with E-state index in [9.17, 15) is 14.0 Å². The molecule has 0 unspecified atom stereocenters. The number of pyridine rings is 1. The second kappa shape index (κ2) is 13.3. The molecule has 0 radical (unpaired) electrons. The fraction of sp³-hybridized carbons (Fsp3) is 0.344. The van der Waals surface area contributed by atoms with Crippen molar-refractivity contribution in [1.82, 2.24) is 20.1 Å². The molecule has 40 heavy (non-hydrogen) atoms. The molecule has 3 atom stereocenters. The number of carbonyl (C=O) groups is 2. The summed E-state index contributed by atoms with van der Waals surface area (Å²) in [7, 11) is 0. The Morgan fingerprint density at radius 2 is 1.85 bits per heavy atom. The number of aromatic nitrogens is 1. The highest BCUT2D eigenvalue weighted by molar-refractivity contribution is 5.94. The van der Waals surface area contributed by atoms with E-state index in [-0.39, 0.29) is 29.7 Å². The number of hydrogen-bond donors (Lipinski definition) is 1. The SMILES string of the molecule is C=CC(=O)N1CCN(C[C@H](Oc2ccc(C(=O)N[C@H](CC)c3ccncc3)cc2)c2ccc(C)c(F)c2)C[C@H]1C. The molecule has 1 aliphatic rings. The zero-order valence-electron chi connectivity index (χ0n) is 23.3. The summed E-state index contributed by atoms with van der Waals surface area (Å²) in [6.45, 7) is 11.8. The lowest BCUT2D eigenvalue weighted by Crippen LogP contribution is -2.54. The van der Waals surface area contributed by atoms with E-state index >= 15 is 0 Å². The molecule has 0 bridgehead atoms. The number of aryl methyl sites for hydroxylation is 1. The molecule has 1 N–H and O–H groups in total. The van der Waals surface area contributed by atoms with E-state index in [0.29, 0.717) is 43.1 Å². The number of nitrogens with one attached hydrogen (secondary N) is 1. The van der Waals surface area contributed by atoms with Crippen molar-refractivity contribution in [2.45, 2.75) is 45.4 Å². The van der Waals surface area contributed by atoms with Crippen molar-refractivity contribution >= 4 is 11.8 Å². The van der Waals surface area contributed by atoms with Crippen molar-refractivity contribution in [3.63, 3.8) is 0 Å². The molecule has 1 aromatic heterocycles. The van der Waals surface area contributed by atoms with Gasteiger partial charge in [0.05, 0.1) is 6.04 Å². The average molecular weight is 545 g/mol. The Hall–Kier alpha value is -4.04. The smallest absolute Gasteiger partial charge is 0.251 e. The van der Waals surface area contributed by atoms with Crippen LogP contribution in [-0.4, -0.2) is 58.8 Å². The van der Waals surface area contributed by atoms with Gasteiger partial charge in [-0.1, -0.05) is 25.6 Å². The number of amides is 2. The summed E-state index contributed by atoms with van der Waals surface area (Å²) in [6.07, 6.45) is 5.08. The first-order valence-corrected chi connectivity index (χ1v) is 13.7. The van der Waals surface area contributed by atoms with Crippen LogP contribution in [0.3, 0.4) is 0 Å². The predicted molar refractivity (Wildman–Crippen MR) is 153 cm³/mol. The monoisotopic (exact) mass is 544 g/mol. The Labute approximate surface area is 235 Å². The molecule has 2 aromatic carbocycles. The number of ether oxygens (including phenoxy) is 1. The van der Waals surface area contributed by atoms with Crippen LogP contribution in [0.2, 0.25) is 0 Å². The maximum atomic E-state index is 14.5. The number of halogens is 1. The number of rotatable bonds is 10. The topological polar surface area (TPSA) is 74.8 Å². The summed E-state index contributed by atoms with van der Waals surface area (Å²) in [5.41, 5.74) is 2.82. The van der Waals surface area contributed by atoms with Gasteiger partial charge in [0, 0.05) is 50.2 Å². The molecule has 7 nitrogen and oxygen atoms in total. The Balaban J connectivity index is 1.47. The van der Waals surface area contributed by atoms with Crippen molar-refractivity contribution in [2.75, 3.05) is 26.2 Å². The molecule has 2 amide bonds. The lowest BCUT2D eigenvalue weighted by atomic mass is 10.0. The predicted octanol–water partition coefficient (Wildman–Crippen LogP) is 5.25. The molecule has 3 aromatic rings. The molecule has 1 fully saturated rings. The lowest BCUT2D eigenvalue weighted by molar-refractivity contribution is -0.130. The molecule has 1 saturated heterocycles. The van der Waals surface area contributed by atoms with E-state index in [1.165, 1.54) is 12.1 Å². The van der Waals surface area contributed by atoms with Gasteiger partial charge < -0.3 is 15.0 Å². The minimum absolute atomic E-state index is 0.0199. The third-order valence-electron chi connectivity index (χ3n) is 7.38. The summed E-state index contributed by atoms with van der Waals surface area (Å²) >= 11 is 0. The maximum absolute atomic E-state index is 14.5. The Morgan fingerprint density at radius 1 is 1.12 bits per heavy atom. The second-order valence-corrected chi connectivity index (χ2v) is 10.2. The van der Waals surface area contributed by atoms with Gasteiger partial charge in [0.25, 0.3) is 5.91 Å². The molecule has 210 valence electrons. The second-order valence-electron chi connectivity index (χ2n) is 10.2. The molecule has 2 heterocycles. The minimum Gasteiger partial charge on any atom is -0.484 e. The standard InChI is InChI=1S/C32H37FN4O3/c1-5-29(24-13-15-34-16-14-24)35-32(39)25-9-11-27(12-10-25)40-30(26-8-7-22(3)28(33)19-26)21-36-17-18-37(23(4)20-36)31(38)6-2/h6-16,19,23,29-30H,2,5,17-18,20-21H2,1,3-4H3,(H,35,39)/t23-,29-,30+/m1/s1. The Kier molecular flexibility index (Phi) is 9.66. The highest BCUT2D eigenvalue weighted by Crippen LogP contribution is 2.26. The quantitative estimate of drug-likeness (QED) is 0.353. The summed E-state index contributed by atoms with van der Waals surface area (Å²) in [4.78, 5) is 33.2. The van der Waals surface area contributed by atoms with Gasteiger partial charge in [-0.2, -0.15) is 0 Å². The van der Waals surface area contributed by atoms with Crippen molar-refractivity contribution < 1.29 is 18.7 Å². The zero-order chi connectivity index (χ0) is 28.6. The first-order chi connectivity index (χ1) is 19.3. The van der Waals surface area contributed by atoms with Crippen LogP contribution in [0.25, 0.3) is 0 Å². The van der Waals surface area contributed by atoms with Gasteiger partial charge in [0.1, 0.15) is 17.7 Å². The molecule has 8 heteroatoms. The number of piperazine rings is 1. The maximum Gasteiger partial charge on any atom is 0.251 e. The van der Waals surface area contributed by atoms with Gasteiger partial charge in [-0.25, -0.2) is 4.39 Å². The largest absolute Gasteiger partial charge is 0.484 e. The van der Waals surface area contributed by atoms with E-state index in [1.54, 1.807) is 49.6 Å². The zero-order valence-corrected chi connectivity index (χ0v) is 23.3. The molecule has 0 aliphatic carbocycles. The van der Waals surface area contributed by atoms with Gasteiger partial charge in [0.2, 0.25) is 5.91 Å². The molecule has 0 spiro atoms. The third-order valence-corrected chi connectivity index (χ3v) is 7.38. The van der Waals surface area contributed by atoms with Gasteiger partial charge in [-0.15, -0.1) is 0 Å². The number of benzene rings is 2. The minimum atomic E-state index is -0.445. The van der Waals surface area contributed by atoms with E-state index in [2.05, 4.69) is 21.8 Å². The van der Waals surface area contributed by atoms with Gasteiger partial charge in [0.15, 0.2) is 0 Å². The molecular formula is C32H37FN4O3. The van der Waals surface area contributed by atoms with E-state index in [1.807, 2.05) is 36.9 Å². The third kappa shape index (κ3) is 7.12. The van der Waals surface area contributed by atoms with E-state index < -0.39 is 6.10 Å². The summed E-state index contributed by atoms with van der Waals surface area (Å²) in [5, 5.41) is 3.08. The first-order valence-electron chi connectivity index (χ1n) is 13.7. The van der Waals surface area contributed by atoms with Crippen LogP contribution in [0.5, 0.6) is 5.75 Å². The molecule has 4 rings (SSSR count). The van der Waals surface area contributed by atoms with Crippen molar-refractivity contribution in [3.8, 4) is 5.75 Å². The molecule has 1 aliphatic heterocycles. The molecule has 0 saturated carbocycles. The van der Waals surface area contributed by atoms with Crippen LogP contribution < -0.4 is 10.1 Å². The van der Waals surface area contributed by atoms with Crippen molar-refractivity contribution in [1.29, 1.82) is 0 Å². The van der Waals surface area contributed by atoms with Crippen molar-refractivity contribution in [2.24, 2.45) is 0 Å². The van der Waals surface area contributed by atoms with Crippen LogP contribution >= 0.6 is 0 Å². The van der Waals surface area contributed by atoms with Crippen LogP contribution in [-0.2, 0) is 4.79 Å². The van der Waals surface area contributed by atoms with Crippen LogP contribution in [0.4, 0.5) is 4.39 Å². The highest BCUT2D eigenvalue weighted by Gasteiger charge is 2.29. The number of carbonyl (C=O) groups excluding carboxylic acids is 2. The molecular weight excluding hydrogens is 507 g/mol. The Bertz CT molecular complexity index is 1320. The average Bonchev–Trinajstić information content (AvgIpc) is 2.97. The summed E-state index contributed by atoms with van der Waals surface area (Å²) in [6, 6.07) is 15.9. The number of nitrogens with zero attached hydrogens (tertiary/aromatic N) is 3. The van der Waals surface area contributed by atoms with Crippen LogP contribution in [0, 0.1) is 12.7 Å². The van der Waals surface area contributed by atoms with Gasteiger partial charge in [-0.3, -0.25) is 19.5 Å². The van der Waals surface area contributed by atoms with E-state index in [4.69, 9.17) is 4.74 Å². The van der Waals surface area contributed by atoms with Crippen molar-refractivity contribution in [3.05, 3.63) is 108 Å². The fourth-order valence-electron chi connectivity index (χ4n) is 5.01. The van der Waals surface area contributed by atoms with Crippen LogP contribution in [0.1, 0.15) is 59.5 Å². The highest BCUT2D eigenvalue weighted by atomic mass is 19.1. The first kappa shape index (κ1) is 29.0. The lowest BCUT2D eigenvalue weighted by Gasteiger charge is -2.40. The summed E-state index contributed by atoms with van der Waals surface area (Å²) in [5.74, 6) is 0.0498. The van der Waals surface area contributed by atoms with Crippen LogP contribution in [0.15, 0.2) is 79.6 Å². The fourth-order valence-corrected chi connectivity index (χ4v) is 5.01.